The molecule has 4 aromatic rings. The molecule has 0 saturated carbocycles. The lowest BCUT2D eigenvalue weighted by molar-refractivity contribution is -0.199. The molecule has 8 nitrogen and oxygen atoms in total. The molecule has 4 aromatic heterocycles. The Balaban J connectivity index is 1.80. The summed E-state index contributed by atoms with van der Waals surface area (Å²) < 4.78 is 62.5. The second-order valence-corrected chi connectivity index (χ2v) is 10.1. The van der Waals surface area contributed by atoms with Gasteiger partial charge in [-0.15, -0.1) is 0 Å². The average molecular weight is 578 g/mol. The third-order valence-electron chi connectivity index (χ3n) is 5.88. The van der Waals surface area contributed by atoms with E-state index in [-0.39, 0.29) is 11.5 Å². The van der Waals surface area contributed by atoms with Crippen molar-refractivity contribution in [2.45, 2.75) is 52.5 Å². The number of alkyl halides is 3. The highest BCUT2D eigenvalue weighted by atomic mass is 35.5. The topological polar surface area (TPSA) is 103 Å². The van der Waals surface area contributed by atoms with Crippen LogP contribution >= 0.6 is 11.6 Å². The van der Waals surface area contributed by atoms with Crippen LogP contribution in [0.1, 0.15) is 48.3 Å². The molecule has 1 N–H and O–H groups in total. The Morgan fingerprint density at radius 1 is 1.02 bits per heavy atom. The number of nitrogens with zero attached hydrogens (tertiary/aromatic N) is 5. The smallest absolute Gasteiger partial charge is 0.431 e. The Kier molecular flexibility index (Phi) is 7.70. The van der Waals surface area contributed by atoms with Crippen molar-refractivity contribution < 1.29 is 27.4 Å². The molecular weight excluding hydrogens is 554 g/mol. The van der Waals surface area contributed by atoms with Crippen LogP contribution in [0.2, 0.25) is 5.02 Å². The predicted octanol–water partition coefficient (Wildman–Crippen LogP) is 5.71. The number of aliphatic hydroxyl groups is 1. The van der Waals surface area contributed by atoms with Crippen molar-refractivity contribution in [2.24, 2.45) is 0 Å². The number of aryl methyl sites for hydroxylation is 3. The SMILES string of the molecule is Cc1cnc(C(Oc2cc(C)n(-c3cc(-c4ccnc(C(C)(C)O)n4)ncc3C)c(=O)c2Cl)C(F)(F)F)c(F)c1. The molecule has 0 amide bonds. The van der Waals surface area contributed by atoms with Gasteiger partial charge in [0.05, 0.1) is 17.1 Å². The quantitative estimate of drug-likeness (QED) is 0.293. The van der Waals surface area contributed by atoms with Crippen molar-refractivity contribution in [3.8, 4) is 22.8 Å². The first-order valence-electron chi connectivity index (χ1n) is 11.9. The van der Waals surface area contributed by atoms with Gasteiger partial charge in [-0.25, -0.2) is 14.4 Å². The van der Waals surface area contributed by atoms with Crippen LogP contribution in [-0.2, 0) is 5.60 Å². The lowest BCUT2D eigenvalue weighted by Crippen LogP contribution is -2.29. The first kappa shape index (κ1) is 29.1. The minimum Gasteiger partial charge on any atom is -0.473 e. The van der Waals surface area contributed by atoms with Crippen molar-refractivity contribution in [1.29, 1.82) is 0 Å². The van der Waals surface area contributed by atoms with Crippen LogP contribution in [0.5, 0.6) is 5.75 Å². The number of halogens is 5. The third kappa shape index (κ3) is 5.82. The van der Waals surface area contributed by atoms with Crippen molar-refractivity contribution >= 4 is 11.6 Å². The summed E-state index contributed by atoms with van der Waals surface area (Å²) in [6, 6.07) is 5.19. The van der Waals surface area contributed by atoms with Crippen molar-refractivity contribution in [3.05, 3.63) is 92.4 Å². The number of pyridine rings is 3. The van der Waals surface area contributed by atoms with E-state index in [1.54, 1.807) is 19.1 Å². The van der Waals surface area contributed by atoms with Gasteiger partial charge >= 0.3 is 6.18 Å². The number of rotatable bonds is 6. The largest absolute Gasteiger partial charge is 0.473 e. The monoisotopic (exact) mass is 577 g/mol. The predicted molar refractivity (Wildman–Crippen MR) is 139 cm³/mol. The fourth-order valence-electron chi connectivity index (χ4n) is 3.90. The molecule has 0 spiro atoms. The van der Waals surface area contributed by atoms with Gasteiger partial charge in [-0.2, -0.15) is 13.2 Å². The van der Waals surface area contributed by atoms with Gasteiger partial charge < -0.3 is 9.84 Å². The number of hydrogen-bond acceptors (Lipinski definition) is 7. The average Bonchev–Trinajstić information content (AvgIpc) is 2.86. The summed E-state index contributed by atoms with van der Waals surface area (Å²) in [5.74, 6) is -1.63. The zero-order chi connectivity index (χ0) is 29.6. The van der Waals surface area contributed by atoms with Gasteiger partial charge in [-0.05, 0) is 63.9 Å². The van der Waals surface area contributed by atoms with Crippen LogP contribution in [0, 0.1) is 26.6 Å². The molecule has 1 unspecified atom stereocenters. The Hall–Kier alpha value is -3.90. The minimum atomic E-state index is -5.06. The van der Waals surface area contributed by atoms with Crippen LogP contribution in [0.15, 0.2) is 47.7 Å². The molecule has 0 aromatic carbocycles. The van der Waals surface area contributed by atoms with E-state index in [4.69, 9.17) is 16.3 Å². The lowest BCUT2D eigenvalue weighted by Gasteiger charge is -2.23. The fraction of sp³-hybridized carbons (Fsp3) is 0.296. The molecule has 210 valence electrons. The maximum Gasteiger partial charge on any atom is 0.431 e. The third-order valence-corrected chi connectivity index (χ3v) is 6.23. The van der Waals surface area contributed by atoms with Crippen molar-refractivity contribution in [2.75, 3.05) is 0 Å². The second-order valence-electron chi connectivity index (χ2n) is 9.70. The Morgan fingerprint density at radius 2 is 1.73 bits per heavy atom. The summed E-state index contributed by atoms with van der Waals surface area (Å²) in [5.41, 5.74) is -1.06. The molecule has 0 bridgehead atoms. The number of ether oxygens (including phenoxy) is 1. The van der Waals surface area contributed by atoms with E-state index in [2.05, 4.69) is 19.9 Å². The first-order valence-corrected chi connectivity index (χ1v) is 12.3. The molecule has 0 fully saturated rings. The van der Waals surface area contributed by atoms with Crippen molar-refractivity contribution in [1.82, 2.24) is 24.5 Å². The summed E-state index contributed by atoms with van der Waals surface area (Å²) >= 11 is 6.24. The molecule has 0 aliphatic heterocycles. The zero-order valence-corrected chi connectivity index (χ0v) is 22.8. The van der Waals surface area contributed by atoms with E-state index in [0.717, 1.165) is 18.3 Å². The molecule has 4 rings (SSSR count). The van der Waals surface area contributed by atoms with Gasteiger partial charge in [-0.3, -0.25) is 19.3 Å². The van der Waals surface area contributed by atoms with Crippen LogP contribution < -0.4 is 10.3 Å². The van der Waals surface area contributed by atoms with Gasteiger partial charge in [0.25, 0.3) is 5.56 Å². The number of hydrogen-bond donors (Lipinski definition) is 1. The maximum absolute atomic E-state index is 14.4. The Bertz CT molecular complexity index is 1650. The van der Waals surface area contributed by atoms with E-state index in [9.17, 15) is 27.5 Å². The van der Waals surface area contributed by atoms with Gasteiger partial charge in [0.1, 0.15) is 27.9 Å². The van der Waals surface area contributed by atoms with Crippen LogP contribution in [0.4, 0.5) is 17.6 Å². The van der Waals surface area contributed by atoms with Crippen molar-refractivity contribution in [3.63, 3.8) is 0 Å². The van der Waals surface area contributed by atoms with E-state index in [1.807, 2.05) is 0 Å². The standard InChI is InChI=1S/C27H24ClF4N5O3/c1-13-8-16(29)22(35-11-13)23(27(30,31)32)40-20-9-15(3)37(24(38)21(20)28)19-10-18(34-12-14(19)2)17-6-7-33-25(36-17)26(4,5)39/h6-12,23,39H,1-5H3. The highest BCUT2D eigenvalue weighted by molar-refractivity contribution is 6.31. The molecule has 1 atom stereocenters. The van der Waals surface area contributed by atoms with Gasteiger partial charge in [0, 0.05) is 30.4 Å². The molecular formula is C27H24ClF4N5O3. The molecule has 0 saturated heterocycles. The Labute approximate surface area is 231 Å². The van der Waals surface area contributed by atoms with Crippen LogP contribution in [0.3, 0.4) is 0 Å². The number of aromatic nitrogens is 5. The van der Waals surface area contributed by atoms with E-state index in [1.165, 1.54) is 44.7 Å². The zero-order valence-electron chi connectivity index (χ0n) is 22.0. The lowest BCUT2D eigenvalue weighted by atomic mass is 10.1. The molecule has 4 heterocycles. The van der Waals surface area contributed by atoms with E-state index >= 15 is 0 Å². The summed E-state index contributed by atoms with van der Waals surface area (Å²) in [4.78, 5) is 29.7. The molecule has 0 radical (unpaired) electrons. The highest BCUT2D eigenvalue weighted by Gasteiger charge is 2.46. The maximum atomic E-state index is 14.4. The van der Waals surface area contributed by atoms with E-state index < -0.39 is 45.7 Å². The van der Waals surface area contributed by atoms with Gasteiger partial charge in [0.15, 0.2) is 5.82 Å². The summed E-state index contributed by atoms with van der Waals surface area (Å²) in [6.07, 6.45) is -3.84. The van der Waals surface area contributed by atoms with Gasteiger partial charge in [-0.1, -0.05) is 11.6 Å². The summed E-state index contributed by atoms with van der Waals surface area (Å²) in [5, 5.41) is 9.62. The van der Waals surface area contributed by atoms with E-state index in [0.29, 0.717) is 28.2 Å². The normalized spacial score (nSPS) is 12.9. The molecule has 13 heteroatoms. The highest BCUT2D eigenvalue weighted by Crippen LogP contribution is 2.39. The van der Waals surface area contributed by atoms with Crippen LogP contribution in [-0.4, -0.2) is 35.8 Å². The second kappa shape index (κ2) is 10.6. The van der Waals surface area contributed by atoms with Crippen LogP contribution in [0.25, 0.3) is 17.1 Å². The summed E-state index contributed by atoms with van der Waals surface area (Å²) in [7, 11) is 0. The first-order chi connectivity index (χ1) is 18.6. The summed E-state index contributed by atoms with van der Waals surface area (Å²) in [6.45, 7) is 7.70. The van der Waals surface area contributed by atoms with Gasteiger partial charge in [0.2, 0.25) is 6.10 Å². The molecule has 0 aliphatic carbocycles. The fourth-order valence-corrected chi connectivity index (χ4v) is 4.08. The Morgan fingerprint density at radius 3 is 2.35 bits per heavy atom. The minimum absolute atomic E-state index is 0.158. The molecule has 0 aliphatic rings. The molecule has 40 heavy (non-hydrogen) atoms.